The van der Waals surface area contributed by atoms with Crippen molar-refractivity contribution in [1.82, 2.24) is 20.0 Å². The maximum absolute atomic E-state index is 13.7. The van der Waals surface area contributed by atoms with E-state index in [1.54, 1.807) is 35.1 Å². The molecule has 1 fully saturated rings. The Kier molecular flexibility index (Phi) is 5.79. The van der Waals surface area contributed by atoms with Crippen molar-refractivity contribution in [3.8, 4) is 5.69 Å². The van der Waals surface area contributed by atoms with Crippen molar-refractivity contribution >= 4 is 15.9 Å². The van der Waals surface area contributed by atoms with Gasteiger partial charge in [0, 0.05) is 23.7 Å². The lowest BCUT2D eigenvalue weighted by molar-refractivity contribution is 0.263. The van der Waals surface area contributed by atoms with Crippen molar-refractivity contribution in [3.05, 3.63) is 107 Å². The number of aromatic nitrogens is 4. The van der Waals surface area contributed by atoms with E-state index >= 15 is 0 Å². The van der Waals surface area contributed by atoms with E-state index < -0.39 is 20.5 Å². The molecule has 0 radical (unpaired) electrons. The molecule has 0 bridgehead atoms. The Balaban J connectivity index is 1.41. The molecule has 8 heteroatoms. The summed E-state index contributed by atoms with van der Waals surface area (Å²) in [4.78, 5) is 4.95. The van der Waals surface area contributed by atoms with Gasteiger partial charge in [0.25, 0.3) is 0 Å². The molecule has 2 aliphatic carbocycles. The Morgan fingerprint density at radius 2 is 1.84 bits per heavy atom. The summed E-state index contributed by atoms with van der Waals surface area (Å²) in [5.74, 6) is -0.307. The molecule has 2 aromatic heterocycles. The molecule has 6 rings (SSSR count). The van der Waals surface area contributed by atoms with E-state index in [0.29, 0.717) is 37.0 Å². The summed E-state index contributed by atoms with van der Waals surface area (Å²) in [6.45, 7) is 1.95. The van der Waals surface area contributed by atoms with Gasteiger partial charge in [-0.1, -0.05) is 34.5 Å². The van der Waals surface area contributed by atoms with Crippen molar-refractivity contribution in [2.75, 3.05) is 0 Å². The topological polar surface area (TPSA) is 77.7 Å². The van der Waals surface area contributed by atoms with Crippen LogP contribution in [0.1, 0.15) is 41.9 Å². The quantitative estimate of drug-likeness (QED) is 0.361. The minimum absolute atomic E-state index is 0.307. The van der Waals surface area contributed by atoms with E-state index in [-0.39, 0.29) is 5.82 Å². The van der Waals surface area contributed by atoms with Crippen LogP contribution < -0.4 is 0 Å². The van der Waals surface area contributed by atoms with Crippen LogP contribution in [0, 0.1) is 18.2 Å². The molecule has 0 N–H and O–H groups in total. The van der Waals surface area contributed by atoms with E-state index in [4.69, 9.17) is 0 Å². The summed E-state index contributed by atoms with van der Waals surface area (Å²) in [6, 6.07) is 19.2. The largest absolute Gasteiger partial charge is 0.261 e. The van der Waals surface area contributed by atoms with Gasteiger partial charge in [0.1, 0.15) is 5.82 Å². The van der Waals surface area contributed by atoms with Gasteiger partial charge in [-0.3, -0.25) is 4.98 Å². The molecule has 0 saturated heterocycles. The summed E-state index contributed by atoms with van der Waals surface area (Å²) >= 11 is 0. The van der Waals surface area contributed by atoms with Crippen molar-refractivity contribution < 1.29 is 12.8 Å². The van der Waals surface area contributed by atoms with Crippen LogP contribution in [0.3, 0.4) is 0 Å². The van der Waals surface area contributed by atoms with E-state index in [9.17, 15) is 12.8 Å². The lowest BCUT2D eigenvalue weighted by Crippen LogP contribution is -2.42. The van der Waals surface area contributed by atoms with Crippen LogP contribution in [0.25, 0.3) is 11.8 Å². The van der Waals surface area contributed by atoms with Crippen LogP contribution in [0.4, 0.5) is 4.39 Å². The van der Waals surface area contributed by atoms with Crippen LogP contribution in [-0.2, 0) is 22.7 Å². The average molecular weight is 515 g/mol. The van der Waals surface area contributed by atoms with E-state index in [0.717, 1.165) is 28.3 Å². The first-order valence-corrected chi connectivity index (χ1v) is 14.0. The molecule has 2 atom stereocenters. The van der Waals surface area contributed by atoms with Gasteiger partial charge >= 0.3 is 0 Å². The number of rotatable bonds is 5. The highest BCUT2D eigenvalue weighted by atomic mass is 32.2. The molecule has 2 aromatic carbocycles. The Morgan fingerprint density at radius 1 is 1.05 bits per heavy atom. The molecule has 2 aliphatic rings. The number of benzene rings is 2. The van der Waals surface area contributed by atoms with Gasteiger partial charge in [0.2, 0.25) is 0 Å². The molecule has 0 amide bonds. The van der Waals surface area contributed by atoms with Crippen molar-refractivity contribution in [2.45, 2.75) is 49.2 Å². The summed E-state index contributed by atoms with van der Waals surface area (Å²) in [5, 5.41) is 8.38. The lowest BCUT2D eigenvalue weighted by atomic mass is 9.62. The van der Waals surface area contributed by atoms with Gasteiger partial charge in [0.05, 0.1) is 27.2 Å². The molecular weight excluding hydrogens is 487 g/mol. The first kappa shape index (κ1) is 23.7. The van der Waals surface area contributed by atoms with Crippen LogP contribution in [-0.4, -0.2) is 33.6 Å². The number of hydrogen-bond acceptors (Lipinski definition) is 5. The zero-order chi connectivity index (χ0) is 25.6. The highest BCUT2D eigenvalue weighted by Gasteiger charge is 2.47. The second kappa shape index (κ2) is 9.03. The van der Waals surface area contributed by atoms with Gasteiger partial charge in [-0.15, -0.1) is 5.10 Å². The van der Waals surface area contributed by atoms with Crippen LogP contribution in [0.2, 0.25) is 0 Å². The standard InChI is InChI=1S/C29H27FN4O2S/c1-20-5-12-25(13-6-20)37(35,36)26-14-7-21-16-28-27(32-33-34(28)24-10-8-22(30)9-11-24)19-29(21,18-26)17-23-4-2-3-15-31-23/h2-6,8-13,15-16,26H,7,14,17-19H2,1H3/t26-,29-/m0/s1. The third kappa shape index (κ3) is 4.29. The second-order valence-corrected chi connectivity index (χ2v) is 12.4. The molecule has 1 saturated carbocycles. The van der Waals surface area contributed by atoms with Crippen LogP contribution >= 0.6 is 0 Å². The first-order valence-electron chi connectivity index (χ1n) is 12.5. The second-order valence-electron chi connectivity index (χ2n) is 10.2. The fourth-order valence-corrected chi connectivity index (χ4v) is 7.66. The highest BCUT2D eigenvalue weighted by molar-refractivity contribution is 7.92. The molecule has 37 heavy (non-hydrogen) atoms. The Morgan fingerprint density at radius 3 is 2.57 bits per heavy atom. The monoisotopic (exact) mass is 514 g/mol. The Labute approximate surface area is 215 Å². The average Bonchev–Trinajstić information content (AvgIpc) is 3.30. The van der Waals surface area contributed by atoms with Crippen LogP contribution in [0.15, 0.2) is 83.4 Å². The molecule has 2 heterocycles. The number of hydrogen-bond donors (Lipinski definition) is 0. The van der Waals surface area contributed by atoms with E-state index in [1.807, 2.05) is 37.3 Å². The maximum Gasteiger partial charge on any atom is 0.181 e. The zero-order valence-electron chi connectivity index (χ0n) is 20.5. The van der Waals surface area contributed by atoms with Gasteiger partial charge in [-0.05, 0) is 87.2 Å². The van der Waals surface area contributed by atoms with Crippen LogP contribution in [0.5, 0.6) is 0 Å². The smallest absolute Gasteiger partial charge is 0.181 e. The minimum Gasteiger partial charge on any atom is -0.261 e. The molecule has 0 spiro atoms. The lowest BCUT2D eigenvalue weighted by Gasteiger charge is -2.44. The molecule has 6 nitrogen and oxygen atoms in total. The van der Waals surface area contributed by atoms with Gasteiger partial charge < -0.3 is 0 Å². The fourth-order valence-electron chi connectivity index (χ4n) is 5.79. The number of fused-ring (bicyclic) bond motifs is 2. The zero-order valence-corrected chi connectivity index (χ0v) is 21.3. The summed E-state index contributed by atoms with van der Waals surface area (Å²) in [7, 11) is -3.50. The number of halogens is 1. The Hall–Kier alpha value is -3.65. The summed E-state index contributed by atoms with van der Waals surface area (Å²) < 4.78 is 42.7. The number of sulfone groups is 1. The SMILES string of the molecule is Cc1ccc(S(=O)(=O)[C@H]2CCC3=Cc4c(nnn4-c4ccc(F)cc4)C[C@]3(Cc3ccccn3)C2)cc1. The summed E-state index contributed by atoms with van der Waals surface area (Å²) in [6.07, 6.45) is 6.82. The van der Waals surface area contributed by atoms with Crippen molar-refractivity contribution in [2.24, 2.45) is 5.41 Å². The molecule has 188 valence electrons. The summed E-state index contributed by atoms with van der Waals surface area (Å²) in [5.41, 5.74) is 5.16. The molecular formula is C29H27FN4O2S. The minimum atomic E-state index is -3.50. The first-order chi connectivity index (χ1) is 17.8. The molecule has 0 unspecified atom stereocenters. The molecule has 4 aromatic rings. The van der Waals surface area contributed by atoms with Crippen molar-refractivity contribution in [1.29, 1.82) is 0 Å². The number of aryl methyl sites for hydroxylation is 1. The fraction of sp³-hybridized carbons (Fsp3) is 0.276. The van der Waals surface area contributed by atoms with Gasteiger partial charge in [-0.25, -0.2) is 17.5 Å². The predicted molar refractivity (Wildman–Crippen MR) is 139 cm³/mol. The van der Waals surface area contributed by atoms with Crippen molar-refractivity contribution in [3.63, 3.8) is 0 Å². The Bertz CT molecular complexity index is 1580. The molecule has 0 aliphatic heterocycles. The third-order valence-corrected chi connectivity index (χ3v) is 9.95. The predicted octanol–water partition coefficient (Wildman–Crippen LogP) is 5.30. The third-order valence-electron chi connectivity index (χ3n) is 7.74. The van der Waals surface area contributed by atoms with E-state index in [2.05, 4.69) is 21.4 Å². The van der Waals surface area contributed by atoms with Gasteiger partial charge in [-0.2, -0.15) is 0 Å². The number of pyridine rings is 1. The van der Waals surface area contributed by atoms with E-state index in [1.165, 1.54) is 17.7 Å². The van der Waals surface area contributed by atoms with Gasteiger partial charge in [0.15, 0.2) is 9.84 Å². The normalized spacial score (nSPS) is 21.1. The maximum atomic E-state index is 13.7. The number of nitrogens with zero attached hydrogens (tertiary/aromatic N) is 4. The highest BCUT2D eigenvalue weighted by Crippen LogP contribution is 2.51. The number of allylic oxidation sites excluding steroid dienone is 1.